The molecule has 0 saturated carbocycles. The second-order valence-corrected chi connectivity index (χ2v) is 6.93. The van der Waals surface area contributed by atoms with Crippen LogP contribution in [0.3, 0.4) is 0 Å². The highest BCUT2D eigenvalue weighted by molar-refractivity contribution is 7.17. The fourth-order valence-corrected chi connectivity index (χ4v) is 3.32. The zero-order chi connectivity index (χ0) is 20.8. The van der Waals surface area contributed by atoms with E-state index in [9.17, 15) is 18.4 Å². The number of thiophene rings is 1. The maximum absolute atomic E-state index is 13.6. The van der Waals surface area contributed by atoms with Crippen LogP contribution in [0.1, 0.15) is 15.2 Å². The van der Waals surface area contributed by atoms with Crippen molar-refractivity contribution >= 4 is 29.2 Å². The van der Waals surface area contributed by atoms with Gasteiger partial charge in [0.2, 0.25) is 0 Å². The molecule has 0 saturated heterocycles. The minimum absolute atomic E-state index is 0.106. The largest absolute Gasteiger partial charge is 0.494 e. The third kappa shape index (κ3) is 5.26. The molecule has 29 heavy (non-hydrogen) atoms. The second kappa shape index (κ2) is 9.11. The number of hydrazine groups is 1. The molecule has 3 aromatic rings. The number of methoxy groups -OCH3 is 1. The highest BCUT2D eigenvalue weighted by atomic mass is 32.1. The Bertz CT molecular complexity index is 1060. The molecule has 5 nitrogen and oxygen atoms in total. The van der Waals surface area contributed by atoms with Crippen molar-refractivity contribution in [2.24, 2.45) is 0 Å². The molecule has 0 unspecified atom stereocenters. The molecule has 2 aromatic carbocycles. The van der Waals surface area contributed by atoms with Crippen molar-refractivity contribution in [3.05, 3.63) is 82.7 Å². The van der Waals surface area contributed by atoms with Gasteiger partial charge >= 0.3 is 0 Å². The number of halogens is 2. The molecule has 3 rings (SSSR count). The van der Waals surface area contributed by atoms with Crippen LogP contribution in [0.5, 0.6) is 5.75 Å². The van der Waals surface area contributed by atoms with Crippen LogP contribution in [0.2, 0.25) is 0 Å². The van der Waals surface area contributed by atoms with Gasteiger partial charge in [0.1, 0.15) is 5.82 Å². The molecule has 0 spiro atoms. The number of rotatable bonds is 5. The first-order chi connectivity index (χ1) is 14.0. The topological polar surface area (TPSA) is 67.4 Å². The lowest BCUT2D eigenvalue weighted by Gasteiger charge is -2.04. The van der Waals surface area contributed by atoms with E-state index in [0.29, 0.717) is 10.4 Å². The molecule has 2 N–H and O–H groups in total. The zero-order valence-electron chi connectivity index (χ0n) is 15.2. The van der Waals surface area contributed by atoms with Gasteiger partial charge < -0.3 is 4.74 Å². The number of carbonyl (C=O) groups is 2. The van der Waals surface area contributed by atoms with E-state index in [1.54, 1.807) is 30.3 Å². The number of nitrogens with one attached hydrogen (secondary N) is 2. The summed E-state index contributed by atoms with van der Waals surface area (Å²) in [6, 6.07) is 13.6. The van der Waals surface area contributed by atoms with Crippen molar-refractivity contribution < 1.29 is 23.1 Å². The normalized spacial score (nSPS) is 10.7. The van der Waals surface area contributed by atoms with Gasteiger partial charge in [0, 0.05) is 11.0 Å². The van der Waals surface area contributed by atoms with Gasteiger partial charge in [-0.1, -0.05) is 18.2 Å². The van der Waals surface area contributed by atoms with Crippen molar-refractivity contribution in [1.82, 2.24) is 10.9 Å². The number of ether oxygens (including phenoxy) is 1. The highest BCUT2D eigenvalue weighted by Crippen LogP contribution is 2.28. The van der Waals surface area contributed by atoms with Crippen LogP contribution in [0, 0.1) is 11.6 Å². The smallest absolute Gasteiger partial charge is 0.279 e. The van der Waals surface area contributed by atoms with Crippen LogP contribution in [0.15, 0.2) is 60.7 Å². The summed E-state index contributed by atoms with van der Waals surface area (Å²) in [7, 11) is 1.36. The summed E-state index contributed by atoms with van der Waals surface area (Å²) >= 11 is 1.21. The Labute approximate surface area is 169 Å². The molecule has 1 heterocycles. The molecule has 0 aliphatic heterocycles. The Morgan fingerprint density at radius 2 is 1.76 bits per heavy atom. The molecule has 2 amide bonds. The predicted molar refractivity (Wildman–Crippen MR) is 107 cm³/mol. The Morgan fingerprint density at radius 3 is 2.45 bits per heavy atom. The average molecular weight is 414 g/mol. The second-order valence-electron chi connectivity index (χ2n) is 5.84. The number of carbonyl (C=O) groups excluding carboxylic acids is 2. The average Bonchev–Trinajstić information content (AvgIpc) is 3.21. The van der Waals surface area contributed by atoms with Crippen LogP contribution < -0.4 is 15.6 Å². The lowest BCUT2D eigenvalue weighted by Crippen LogP contribution is -2.40. The van der Waals surface area contributed by atoms with Gasteiger partial charge in [0.25, 0.3) is 11.8 Å². The summed E-state index contributed by atoms with van der Waals surface area (Å²) in [5.74, 6) is -1.84. The van der Waals surface area contributed by atoms with Crippen molar-refractivity contribution in [3.8, 4) is 16.2 Å². The van der Waals surface area contributed by atoms with Crippen molar-refractivity contribution in [2.45, 2.75) is 0 Å². The van der Waals surface area contributed by atoms with E-state index >= 15 is 0 Å². The predicted octanol–water partition coefficient (Wildman–Crippen LogP) is 4.18. The minimum atomic E-state index is -0.579. The summed E-state index contributed by atoms with van der Waals surface area (Å²) in [5.41, 5.74) is 5.81. The Morgan fingerprint density at radius 1 is 1.00 bits per heavy atom. The molecule has 8 heteroatoms. The van der Waals surface area contributed by atoms with Crippen molar-refractivity contribution in [3.63, 3.8) is 0 Å². The van der Waals surface area contributed by atoms with E-state index in [0.717, 1.165) is 10.4 Å². The van der Waals surface area contributed by atoms with Crippen LogP contribution in [-0.2, 0) is 4.79 Å². The summed E-state index contributed by atoms with van der Waals surface area (Å²) in [6.07, 6.45) is 2.57. The van der Waals surface area contributed by atoms with Gasteiger partial charge in [0.15, 0.2) is 11.6 Å². The van der Waals surface area contributed by atoms with Gasteiger partial charge in [-0.05, 0) is 53.6 Å². The van der Waals surface area contributed by atoms with Crippen LogP contribution in [0.25, 0.3) is 16.5 Å². The molecule has 1 aromatic heterocycles. The molecule has 0 aliphatic carbocycles. The van der Waals surface area contributed by atoms with Gasteiger partial charge in [-0.25, -0.2) is 8.78 Å². The molecule has 0 atom stereocenters. The lowest BCUT2D eigenvalue weighted by molar-refractivity contribution is -0.117. The minimum Gasteiger partial charge on any atom is -0.494 e. The van der Waals surface area contributed by atoms with E-state index in [1.807, 2.05) is 0 Å². The third-order valence-electron chi connectivity index (χ3n) is 3.86. The van der Waals surface area contributed by atoms with E-state index in [1.165, 1.54) is 54.9 Å². The summed E-state index contributed by atoms with van der Waals surface area (Å²) < 4.78 is 31.5. The first-order valence-corrected chi connectivity index (χ1v) is 9.25. The fourth-order valence-electron chi connectivity index (χ4n) is 2.41. The number of hydrogen-bond donors (Lipinski definition) is 2. The van der Waals surface area contributed by atoms with Crippen molar-refractivity contribution in [2.75, 3.05) is 7.11 Å². The molecule has 0 radical (unpaired) electrons. The first-order valence-electron chi connectivity index (χ1n) is 8.44. The van der Waals surface area contributed by atoms with Crippen LogP contribution >= 0.6 is 11.3 Å². The number of amides is 2. The van der Waals surface area contributed by atoms with E-state index in [4.69, 9.17) is 4.74 Å². The highest BCUT2D eigenvalue weighted by Gasteiger charge is 2.11. The van der Waals surface area contributed by atoms with Crippen LogP contribution in [0.4, 0.5) is 8.78 Å². The van der Waals surface area contributed by atoms with Gasteiger partial charge in [-0.3, -0.25) is 20.4 Å². The molecular formula is C21H16F2N2O3S. The molecule has 0 bridgehead atoms. The van der Waals surface area contributed by atoms with Gasteiger partial charge in [-0.15, -0.1) is 11.3 Å². The van der Waals surface area contributed by atoms with Gasteiger partial charge in [-0.2, -0.15) is 0 Å². The zero-order valence-corrected chi connectivity index (χ0v) is 16.1. The Kier molecular flexibility index (Phi) is 6.36. The standard InChI is InChI=1S/C21H16F2N2O3S/c1-28-17-8-2-13(12-16(17)23)3-11-20(26)24-25-21(27)19-10-9-18(29-19)14-4-6-15(22)7-5-14/h2-12H,1H3,(H,24,26)(H,25,27)/b11-3+. The van der Waals surface area contributed by atoms with E-state index in [2.05, 4.69) is 10.9 Å². The van der Waals surface area contributed by atoms with E-state index in [-0.39, 0.29) is 11.6 Å². The summed E-state index contributed by atoms with van der Waals surface area (Å²) in [6.45, 7) is 0. The van der Waals surface area contributed by atoms with Gasteiger partial charge in [0.05, 0.1) is 12.0 Å². The van der Waals surface area contributed by atoms with Crippen molar-refractivity contribution in [1.29, 1.82) is 0 Å². The molecule has 0 aliphatic rings. The lowest BCUT2D eigenvalue weighted by atomic mass is 10.2. The summed E-state index contributed by atoms with van der Waals surface area (Å²) in [4.78, 5) is 25.2. The monoisotopic (exact) mass is 414 g/mol. The van der Waals surface area contributed by atoms with E-state index < -0.39 is 17.6 Å². The van der Waals surface area contributed by atoms with Crippen LogP contribution in [-0.4, -0.2) is 18.9 Å². The summed E-state index contributed by atoms with van der Waals surface area (Å²) in [5, 5.41) is 0. The SMILES string of the molecule is COc1ccc(/C=C/C(=O)NNC(=O)c2ccc(-c3ccc(F)cc3)s2)cc1F. The first kappa shape index (κ1) is 20.2. The molecule has 0 fully saturated rings. The number of benzene rings is 2. The fraction of sp³-hybridized carbons (Fsp3) is 0.0476. The Hall–Kier alpha value is -3.52. The molecule has 148 valence electrons. The quantitative estimate of drug-likeness (QED) is 0.486. The number of hydrogen-bond acceptors (Lipinski definition) is 4. The maximum atomic E-state index is 13.6. The Balaban J connectivity index is 1.55. The maximum Gasteiger partial charge on any atom is 0.279 e. The third-order valence-corrected chi connectivity index (χ3v) is 4.99. The molecular weight excluding hydrogens is 398 g/mol.